The van der Waals surface area contributed by atoms with E-state index < -0.39 is 11.9 Å². The first-order chi connectivity index (χ1) is 9.00. The third-order valence-electron chi connectivity index (χ3n) is 3.35. The van der Waals surface area contributed by atoms with Crippen molar-refractivity contribution in [2.24, 2.45) is 5.92 Å². The first-order valence-corrected chi connectivity index (χ1v) is 6.39. The Morgan fingerprint density at radius 1 is 1.32 bits per heavy atom. The molecule has 1 saturated carbocycles. The quantitative estimate of drug-likeness (QED) is 0.908. The molecule has 1 aromatic heterocycles. The third-order valence-corrected chi connectivity index (χ3v) is 3.35. The lowest BCUT2D eigenvalue weighted by Gasteiger charge is -2.15. The summed E-state index contributed by atoms with van der Waals surface area (Å²) in [6.07, 6.45) is 0.0469. The Morgan fingerprint density at radius 3 is 2.58 bits per heavy atom. The van der Waals surface area contributed by atoms with Crippen molar-refractivity contribution < 1.29 is 17.9 Å². The van der Waals surface area contributed by atoms with Crippen LogP contribution >= 0.6 is 0 Å². The van der Waals surface area contributed by atoms with Crippen molar-refractivity contribution in [1.82, 2.24) is 4.98 Å². The highest BCUT2D eigenvalue weighted by Crippen LogP contribution is 2.33. The smallest absolute Gasteiger partial charge is 0.433 e. The number of rotatable bonds is 4. The van der Waals surface area contributed by atoms with Gasteiger partial charge < -0.3 is 10.1 Å². The lowest BCUT2D eigenvalue weighted by molar-refractivity contribution is -0.141. The van der Waals surface area contributed by atoms with Gasteiger partial charge in [0.2, 0.25) is 5.88 Å². The number of anilines is 1. The molecule has 0 amide bonds. The molecule has 0 radical (unpaired) electrons. The molecule has 0 saturated heterocycles. The Morgan fingerprint density at radius 2 is 2.00 bits per heavy atom. The second kappa shape index (κ2) is 5.67. The fourth-order valence-corrected chi connectivity index (χ4v) is 2.27. The van der Waals surface area contributed by atoms with Crippen LogP contribution in [0.15, 0.2) is 12.1 Å². The maximum absolute atomic E-state index is 12.6. The molecule has 2 rings (SSSR count). The number of pyridine rings is 1. The molecule has 6 heteroatoms. The predicted octanol–water partition coefficient (Wildman–Crippen LogP) is 3.71. The standard InChI is InChI=1S/C13H17F3N2O/c1-17-10-6-7-11(13(14,15)16)18-12(10)19-8-9-4-2-3-5-9/h6-7,9,17H,2-5,8H2,1H3. The number of nitrogens with zero attached hydrogens (tertiary/aromatic N) is 1. The molecule has 1 fully saturated rings. The zero-order valence-electron chi connectivity index (χ0n) is 10.8. The summed E-state index contributed by atoms with van der Waals surface area (Å²) in [4.78, 5) is 3.57. The van der Waals surface area contributed by atoms with E-state index in [1.54, 1.807) is 7.05 Å². The number of nitrogens with one attached hydrogen (secondary N) is 1. The molecule has 0 unspecified atom stereocenters. The summed E-state index contributed by atoms with van der Waals surface area (Å²) in [5.74, 6) is 0.463. The van der Waals surface area contributed by atoms with Gasteiger partial charge in [-0.2, -0.15) is 13.2 Å². The Balaban J connectivity index is 2.11. The van der Waals surface area contributed by atoms with E-state index in [0.29, 0.717) is 18.2 Å². The highest BCUT2D eigenvalue weighted by atomic mass is 19.4. The molecule has 1 aliphatic rings. The zero-order valence-corrected chi connectivity index (χ0v) is 10.8. The number of hydrogen-bond acceptors (Lipinski definition) is 3. The summed E-state index contributed by atoms with van der Waals surface area (Å²) >= 11 is 0. The topological polar surface area (TPSA) is 34.2 Å². The van der Waals surface area contributed by atoms with Crippen LogP contribution in [0.3, 0.4) is 0 Å². The van der Waals surface area contributed by atoms with Crippen LogP contribution in [0.4, 0.5) is 18.9 Å². The lowest BCUT2D eigenvalue weighted by atomic mass is 10.1. The van der Waals surface area contributed by atoms with Gasteiger partial charge in [-0.1, -0.05) is 12.8 Å². The van der Waals surface area contributed by atoms with Gasteiger partial charge >= 0.3 is 6.18 Å². The minimum absolute atomic E-state index is 0.0317. The number of halogens is 3. The number of hydrogen-bond donors (Lipinski definition) is 1. The van der Waals surface area contributed by atoms with E-state index in [9.17, 15) is 13.2 Å². The Labute approximate surface area is 110 Å². The molecule has 0 atom stereocenters. The van der Waals surface area contributed by atoms with Crippen molar-refractivity contribution in [3.63, 3.8) is 0 Å². The average Bonchev–Trinajstić information content (AvgIpc) is 2.88. The second-order valence-electron chi connectivity index (χ2n) is 4.76. The lowest BCUT2D eigenvalue weighted by Crippen LogP contribution is -2.13. The van der Waals surface area contributed by atoms with Gasteiger partial charge in [0.05, 0.1) is 12.3 Å². The van der Waals surface area contributed by atoms with Crippen molar-refractivity contribution in [3.05, 3.63) is 17.8 Å². The Hall–Kier alpha value is -1.46. The SMILES string of the molecule is CNc1ccc(C(F)(F)F)nc1OCC1CCCC1. The number of ether oxygens (including phenoxy) is 1. The van der Waals surface area contributed by atoms with Gasteiger partial charge in [0.1, 0.15) is 5.69 Å². The third kappa shape index (κ3) is 3.52. The van der Waals surface area contributed by atoms with Crippen LogP contribution in [0.5, 0.6) is 5.88 Å². The van der Waals surface area contributed by atoms with Crippen LogP contribution in [-0.2, 0) is 6.18 Å². The van der Waals surface area contributed by atoms with Crippen LogP contribution in [0.25, 0.3) is 0 Å². The van der Waals surface area contributed by atoms with Gasteiger partial charge in [-0.3, -0.25) is 0 Å². The monoisotopic (exact) mass is 274 g/mol. The van der Waals surface area contributed by atoms with Gasteiger partial charge in [0.15, 0.2) is 0 Å². The van der Waals surface area contributed by atoms with Gasteiger partial charge in [-0.25, -0.2) is 4.98 Å². The van der Waals surface area contributed by atoms with Crippen molar-refractivity contribution in [3.8, 4) is 5.88 Å². The summed E-state index contributed by atoms with van der Waals surface area (Å²) in [5.41, 5.74) is -0.445. The second-order valence-corrected chi connectivity index (χ2v) is 4.76. The highest BCUT2D eigenvalue weighted by Gasteiger charge is 2.33. The van der Waals surface area contributed by atoms with Crippen molar-refractivity contribution in [1.29, 1.82) is 0 Å². The molecule has 1 N–H and O–H groups in total. The van der Waals surface area contributed by atoms with Crippen LogP contribution in [0, 0.1) is 5.92 Å². The minimum Gasteiger partial charge on any atom is -0.476 e. The molecule has 0 aromatic carbocycles. The first-order valence-electron chi connectivity index (χ1n) is 6.39. The minimum atomic E-state index is -4.45. The van der Waals surface area contributed by atoms with Crippen LogP contribution in [0.2, 0.25) is 0 Å². The molecular weight excluding hydrogens is 257 g/mol. The molecule has 1 aliphatic carbocycles. The summed E-state index contributed by atoms with van der Waals surface area (Å²) in [5, 5.41) is 2.79. The van der Waals surface area contributed by atoms with Crippen LogP contribution < -0.4 is 10.1 Å². The largest absolute Gasteiger partial charge is 0.476 e. The summed E-state index contributed by atoms with van der Waals surface area (Å²) in [7, 11) is 1.63. The van der Waals surface area contributed by atoms with E-state index in [0.717, 1.165) is 18.9 Å². The van der Waals surface area contributed by atoms with Crippen LogP contribution in [-0.4, -0.2) is 18.6 Å². The Kier molecular flexibility index (Phi) is 4.17. The molecule has 0 spiro atoms. The maximum Gasteiger partial charge on any atom is 0.433 e. The Bertz CT molecular complexity index is 428. The molecule has 1 heterocycles. The molecule has 0 bridgehead atoms. The molecule has 3 nitrogen and oxygen atoms in total. The maximum atomic E-state index is 12.6. The molecule has 106 valence electrons. The van der Waals surface area contributed by atoms with E-state index in [4.69, 9.17) is 4.74 Å². The summed E-state index contributed by atoms with van der Waals surface area (Å²) in [6.45, 7) is 0.434. The van der Waals surface area contributed by atoms with Gasteiger partial charge in [0.25, 0.3) is 0 Å². The van der Waals surface area contributed by atoms with E-state index in [1.807, 2.05) is 0 Å². The average molecular weight is 274 g/mol. The summed E-state index contributed by atoms with van der Waals surface area (Å²) in [6, 6.07) is 2.30. The van der Waals surface area contributed by atoms with Crippen molar-refractivity contribution >= 4 is 5.69 Å². The number of alkyl halides is 3. The van der Waals surface area contributed by atoms with E-state index in [1.165, 1.54) is 18.9 Å². The van der Waals surface area contributed by atoms with Gasteiger partial charge in [-0.05, 0) is 30.9 Å². The van der Waals surface area contributed by atoms with Crippen molar-refractivity contribution in [2.45, 2.75) is 31.9 Å². The molecular formula is C13H17F3N2O. The fraction of sp³-hybridized carbons (Fsp3) is 0.615. The highest BCUT2D eigenvalue weighted by molar-refractivity contribution is 5.52. The van der Waals surface area contributed by atoms with E-state index in [2.05, 4.69) is 10.3 Å². The van der Waals surface area contributed by atoms with Gasteiger partial charge in [0, 0.05) is 7.05 Å². The normalized spacial score (nSPS) is 16.6. The predicted molar refractivity (Wildman–Crippen MR) is 66.2 cm³/mol. The summed E-state index contributed by atoms with van der Waals surface area (Å²) < 4.78 is 43.3. The fourth-order valence-electron chi connectivity index (χ4n) is 2.27. The number of aromatic nitrogens is 1. The molecule has 1 aromatic rings. The molecule has 19 heavy (non-hydrogen) atoms. The zero-order chi connectivity index (χ0) is 13.9. The van der Waals surface area contributed by atoms with E-state index >= 15 is 0 Å². The van der Waals surface area contributed by atoms with Gasteiger partial charge in [-0.15, -0.1) is 0 Å². The van der Waals surface area contributed by atoms with E-state index in [-0.39, 0.29) is 5.88 Å². The first kappa shape index (κ1) is 14.0. The van der Waals surface area contributed by atoms with Crippen LogP contribution in [0.1, 0.15) is 31.4 Å². The molecule has 0 aliphatic heterocycles. The van der Waals surface area contributed by atoms with Crippen molar-refractivity contribution in [2.75, 3.05) is 19.0 Å².